The first-order valence-electron chi connectivity index (χ1n) is 8.07. The van der Waals surface area contributed by atoms with E-state index in [1.807, 2.05) is 18.2 Å². The lowest BCUT2D eigenvalue weighted by Gasteiger charge is -2.57. The highest BCUT2D eigenvalue weighted by molar-refractivity contribution is 6.35. The second kappa shape index (κ2) is 3.95. The maximum Gasteiger partial charge on any atom is 0.201 e. The SMILES string of the molecule is Nc1nc2cccc(Cl)c2n1C12CC3CC(CC(C3)C1)C2. The molecule has 4 saturated carbocycles. The molecule has 110 valence electrons. The van der Waals surface area contributed by atoms with E-state index in [1.54, 1.807) is 0 Å². The Balaban J connectivity index is 1.76. The largest absolute Gasteiger partial charge is 0.369 e. The van der Waals surface area contributed by atoms with E-state index in [-0.39, 0.29) is 5.54 Å². The van der Waals surface area contributed by atoms with Crippen LogP contribution in [-0.4, -0.2) is 9.55 Å². The van der Waals surface area contributed by atoms with E-state index in [1.165, 1.54) is 38.5 Å². The molecule has 0 atom stereocenters. The van der Waals surface area contributed by atoms with Gasteiger partial charge in [-0.25, -0.2) is 4.98 Å². The van der Waals surface area contributed by atoms with E-state index in [2.05, 4.69) is 9.55 Å². The zero-order chi connectivity index (χ0) is 14.2. The molecule has 1 heterocycles. The molecule has 0 amide bonds. The van der Waals surface area contributed by atoms with E-state index < -0.39 is 0 Å². The average Bonchev–Trinajstić information content (AvgIpc) is 2.75. The topological polar surface area (TPSA) is 43.8 Å². The Morgan fingerprint density at radius 1 is 1.10 bits per heavy atom. The van der Waals surface area contributed by atoms with Crippen LogP contribution in [0.4, 0.5) is 5.95 Å². The first-order chi connectivity index (χ1) is 10.1. The summed E-state index contributed by atoms with van der Waals surface area (Å²) in [6.45, 7) is 0. The number of nitrogens with two attached hydrogens (primary N) is 1. The molecule has 0 radical (unpaired) electrons. The number of nitrogens with zero attached hydrogens (tertiary/aromatic N) is 2. The van der Waals surface area contributed by atoms with Gasteiger partial charge in [0, 0.05) is 5.54 Å². The van der Waals surface area contributed by atoms with Gasteiger partial charge in [0.1, 0.15) is 0 Å². The summed E-state index contributed by atoms with van der Waals surface area (Å²) in [6.07, 6.45) is 8.08. The fourth-order valence-corrected chi connectivity index (χ4v) is 6.18. The van der Waals surface area contributed by atoms with Crippen molar-refractivity contribution in [1.82, 2.24) is 9.55 Å². The molecule has 0 saturated heterocycles. The van der Waals surface area contributed by atoms with Crippen LogP contribution < -0.4 is 5.73 Å². The number of benzene rings is 1. The molecule has 4 heteroatoms. The molecular formula is C17H20ClN3. The van der Waals surface area contributed by atoms with E-state index in [0.29, 0.717) is 5.95 Å². The van der Waals surface area contributed by atoms with Gasteiger partial charge in [0.25, 0.3) is 0 Å². The Bertz CT molecular complexity index is 698. The zero-order valence-corrected chi connectivity index (χ0v) is 12.8. The summed E-state index contributed by atoms with van der Waals surface area (Å²) in [4.78, 5) is 4.59. The van der Waals surface area contributed by atoms with Crippen LogP contribution in [0.3, 0.4) is 0 Å². The van der Waals surface area contributed by atoms with Crippen molar-refractivity contribution in [2.75, 3.05) is 5.73 Å². The maximum atomic E-state index is 6.50. The van der Waals surface area contributed by atoms with Gasteiger partial charge in [-0.3, -0.25) is 0 Å². The average molecular weight is 302 g/mol. The second-order valence-corrected chi connectivity index (χ2v) is 7.96. The highest BCUT2D eigenvalue weighted by Gasteiger charge is 2.52. The summed E-state index contributed by atoms with van der Waals surface area (Å²) in [5.41, 5.74) is 8.51. The number of imidazole rings is 1. The molecule has 21 heavy (non-hydrogen) atoms. The van der Waals surface area contributed by atoms with E-state index in [9.17, 15) is 0 Å². The normalized spacial score (nSPS) is 37.5. The molecule has 2 aromatic rings. The van der Waals surface area contributed by atoms with Crippen molar-refractivity contribution in [2.45, 2.75) is 44.1 Å². The highest BCUT2D eigenvalue weighted by atomic mass is 35.5. The molecule has 4 fully saturated rings. The van der Waals surface area contributed by atoms with Crippen LogP contribution in [0.15, 0.2) is 18.2 Å². The highest BCUT2D eigenvalue weighted by Crippen LogP contribution is 2.60. The third-order valence-electron chi connectivity index (χ3n) is 6.13. The van der Waals surface area contributed by atoms with E-state index in [4.69, 9.17) is 17.3 Å². The van der Waals surface area contributed by atoms with Crippen molar-refractivity contribution in [2.24, 2.45) is 17.8 Å². The van der Waals surface area contributed by atoms with Gasteiger partial charge < -0.3 is 10.3 Å². The van der Waals surface area contributed by atoms with Gasteiger partial charge in [-0.15, -0.1) is 0 Å². The summed E-state index contributed by atoms with van der Waals surface area (Å²) in [7, 11) is 0. The van der Waals surface area contributed by atoms with Gasteiger partial charge in [0.15, 0.2) is 0 Å². The summed E-state index contributed by atoms with van der Waals surface area (Å²) in [5, 5.41) is 0.785. The third-order valence-corrected chi connectivity index (χ3v) is 6.44. The number of para-hydroxylation sites is 1. The standard InChI is InChI=1S/C17H20ClN3/c18-13-2-1-3-14-15(13)21(16(19)20-14)17-7-10-4-11(8-17)6-12(5-10)9-17/h1-3,10-12H,4-9H2,(H2,19,20). The number of fused-ring (bicyclic) bond motifs is 1. The first kappa shape index (κ1) is 12.3. The van der Waals surface area contributed by atoms with Gasteiger partial charge >= 0.3 is 0 Å². The lowest BCUT2D eigenvalue weighted by atomic mass is 9.53. The molecule has 4 aliphatic carbocycles. The number of hydrogen-bond donors (Lipinski definition) is 1. The molecule has 0 aliphatic heterocycles. The molecule has 4 aliphatic rings. The molecule has 4 bridgehead atoms. The number of halogens is 1. The molecule has 1 aromatic heterocycles. The minimum absolute atomic E-state index is 0.179. The lowest BCUT2D eigenvalue weighted by molar-refractivity contribution is -0.0398. The summed E-state index contributed by atoms with van der Waals surface area (Å²) in [6, 6.07) is 5.94. The van der Waals surface area contributed by atoms with Gasteiger partial charge in [-0.1, -0.05) is 17.7 Å². The number of aromatic nitrogens is 2. The van der Waals surface area contributed by atoms with Gasteiger partial charge in [0.05, 0.1) is 16.1 Å². The van der Waals surface area contributed by atoms with Gasteiger partial charge in [-0.2, -0.15) is 0 Å². The molecule has 1 aromatic carbocycles. The van der Waals surface area contributed by atoms with Crippen molar-refractivity contribution < 1.29 is 0 Å². The monoisotopic (exact) mass is 301 g/mol. The molecule has 3 nitrogen and oxygen atoms in total. The Hall–Kier alpha value is -1.22. The second-order valence-electron chi connectivity index (χ2n) is 7.55. The summed E-state index contributed by atoms with van der Waals surface area (Å²) < 4.78 is 2.31. The van der Waals surface area contributed by atoms with Crippen LogP contribution in [0.1, 0.15) is 38.5 Å². The molecule has 0 spiro atoms. The van der Waals surface area contributed by atoms with Crippen LogP contribution in [-0.2, 0) is 5.54 Å². The van der Waals surface area contributed by atoms with Crippen LogP contribution in [0.5, 0.6) is 0 Å². The Kier molecular flexibility index (Phi) is 2.32. The van der Waals surface area contributed by atoms with Crippen molar-refractivity contribution in [3.63, 3.8) is 0 Å². The van der Waals surface area contributed by atoms with E-state index in [0.717, 1.165) is 33.8 Å². The Morgan fingerprint density at radius 3 is 2.33 bits per heavy atom. The fourth-order valence-electron chi connectivity index (χ4n) is 5.92. The quantitative estimate of drug-likeness (QED) is 0.858. The predicted octanol–water partition coefficient (Wildman–Crippen LogP) is 4.20. The number of hydrogen-bond acceptors (Lipinski definition) is 2. The van der Waals surface area contributed by atoms with Crippen molar-refractivity contribution in [3.8, 4) is 0 Å². The third kappa shape index (κ3) is 1.58. The van der Waals surface area contributed by atoms with Gasteiger partial charge in [0.2, 0.25) is 5.95 Å². The van der Waals surface area contributed by atoms with E-state index >= 15 is 0 Å². The lowest BCUT2D eigenvalue weighted by Crippen LogP contribution is -2.52. The molecule has 0 unspecified atom stereocenters. The molecular weight excluding hydrogens is 282 g/mol. The minimum atomic E-state index is 0.179. The zero-order valence-electron chi connectivity index (χ0n) is 12.1. The predicted molar refractivity (Wildman–Crippen MR) is 85.3 cm³/mol. The number of nitrogen functional groups attached to an aromatic ring is 1. The van der Waals surface area contributed by atoms with Crippen molar-refractivity contribution >= 4 is 28.6 Å². The van der Waals surface area contributed by atoms with Crippen molar-refractivity contribution in [1.29, 1.82) is 0 Å². The van der Waals surface area contributed by atoms with Crippen LogP contribution >= 0.6 is 11.6 Å². The van der Waals surface area contributed by atoms with Gasteiger partial charge in [-0.05, 0) is 68.4 Å². The smallest absolute Gasteiger partial charge is 0.201 e. The Labute approximate surface area is 129 Å². The molecule has 6 rings (SSSR count). The Morgan fingerprint density at radius 2 is 1.71 bits per heavy atom. The van der Waals surface area contributed by atoms with Crippen LogP contribution in [0.25, 0.3) is 11.0 Å². The maximum absolute atomic E-state index is 6.50. The fraction of sp³-hybridized carbons (Fsp3) is 0.588. The van der Waals surface area contributed by atoms with Crippen LogP contribution in [0.2, 0.25) is 5.02 Å². The first-order valence-corrected chi connectivity index (χ1v) is 8.45. The van der Waals surface area contributed by atoms with Crippen LogP contribution in [0, 0.1) is 17.8 Å². The minimum Gasteiger partial charge on any atom is -0.369 e. The van der Waals surface area contributed by atoms with Crippen molar-refractivity contribution in [3.05, 3.63) is 23.2 Å². The summed E-state index contributed by atoms with van der Waals surface area (Å²) >= 11 is 6.50. The number of rotatable bonds is 1. The number of anilines is 1. The molecule has 2 N–H and O–H groups in total. The summed E-state index contributed by atoms with van der Waals surface area (Å²) in [5.74, 6) is 3.31.